The summed E-state index contributed by atoms with van der Waals surface area (Å²) in [7, 11) is 0. The highest BCUT2D eigenvalue weighted by molar-refractivity contribution is 5.85. The fourth-order valence-corrected chi connectivity index (χ4v) is 5.94. The van der Waals surface area contributed by atoms with E-state index in [4.69, 9.17) is 9.47 Å². The first kappa shape index (κ1) is 22.7. The van der Waals surface area contributed by atoms with Gasteiger partial charge in [0, 0.05) is 11.6 Å². The fourth-order valence-electron chi connectivity index (χ4n) is 5.94. The van der Waals surface area contributed by atoms with Crippen LogP contribution in [0.2, 0.25) is 0 Å². The number of allylic oxidation sites excluding steroid dienone is 2. The Balaban J connectivity index is 1.09. The molecule has 0 saturated heterocycles. The summed E-state index contributed by atoms with van der Waals surface area (Å²) in [5.74, 6) is 3.47. The summed E-state index contributed by atoms with van der Waals surface area (Å²) in [6, 6.07) is 40.1. The van der Waals surface area contributed by atoms with E-state index in [0.29, 0.717) is 18.4 Å². The minimum absolute atomic E-state index is 0.246. The van der Waals surface area contributed by atoms with E-state index in [2.05, 4.69) is 102 Å². The van der Waals surface area contributed by atoms with Crippen molar-refractivity contribution >= 4 is 16.5 Å². The van der Waals surface area contributed by atoms with Crippen molar-refractivity contribution in [3.05, 3.63) is 144 Å². The molecule has 1 heterocycles. The first-order chi connectivity index (χ1) is 18.8. The molecule has 1 aliphatic carbocycles. The van der Waals surface area contributed by atoms with E-state index >= 15 is 0 Å². The molecule has 38 heavy (non-hydrogen) atoms. The van der Waals surface area contributed by atoms with Crippen molar-refractivity contribution < 1.29 is 9.47 Å². The van der Waals surface area contributed by atoms with E-state index in [9.17, 15) is 0 Å². The van der Waals surface area contributed by atoms with Gasteiger partial charge in [0.15, 0.2) is 0 Å². The summed E-state index contributed by atoms with van der Waals surface area (Å²) >= 11 is 0. The van der Waals surface area contributed by atoms with Gasteiger partial charge in [0.2, 0.25) is 0 Å². The molecule has 5 aromatic rings. The minimum atomic E-state index is 0.246. The lowest BCUT2D eigenvalue weighted by Crippen LogP contribution is -2.29. The van der Waals surface area contributed by atoms with Crippen molar-refractivity contribution in [3.8, 4) is 17.2 Å². The second-order valence-corrected chi connectivity index (χ2v) is 10.1. The lowest BCUT2D eigenvalue weighted by atomic mass is 9.77. The van der Waals surface area contributed by atoms with Crippen molar-refractivity contribution in [1.82, 2.24) is 0 Å². The summed E-state index contributed by atoms with van der Waals surface area (Å²) in [5.41, 5.74) is 4.98. The minimum Gasteiger partial charge on any atom is -0.489 e. The highest BCUT2D eigenvalue weighted by Gasteiger charge is 2.38. The predicted molar refractivity (Wildman–Crippen MR) is 154 cm³/mol. The van der Waals surface area contributed by atoms with Crippen LogP contribution in [0.25, 0.3) is 10.8 Å². The maximum Gasteiger partial charge on any atom is 0.127 e. The summed E-state index contributed by atoms with van der Waals surface area (Å²) in [6.07, 6.45) is 5.75. The topological polar surface area (TPSA) is 30.5 Å². The van der Waals surface area contributed by atoms with Crippen LogP contribution in [0.3, 0.4) is 0 Å². The molecule has 3 nitrogen and oxygen atoms in total. The maximum atomic E-state index is 6.20. The van der Waals surface area contributed by atoms with E-state index in [1.165, 1.54) is 33.2 Å². The van der Waals surface area contributed by atoms with Crippen LogP contribution in [-0.2, 0) is 6.61 Å². The first-order valence-electron chi connectivity index (χ1n) is 13.3. The van der Waals surface area contributed by atoms with Crippen LogP contribution in [0.1, 0.15) is 35.1 Å². The second kappa shape index (κ2) is 9.75. The van der Waals surface area contributed by atoms with Gasteiger partial charge in [-0.2, -0.15) is 0 Å². The van der Waals surface area contributed by atoms with Crippen molar-refractivity contribution in [2.45, 2.75) is 25.0 Å². The largest absolute Gasteiger partial charge is 0.489 e. The fraction of sp³-hybridized carbons (Fsp3) is 0.143. The summed E-state index contributed by atoms with van der Waals surface area (Å²) < 4.78 is 12.3. The lowest BCUT2D eigenvalue weighted by molar-refractivity contribution is 0.307. The van der Waals surface area contributed by atoms with Crippen LogP contribution >= 0.6 is 0 Å². The zero-order valence-electron chi connectivity index (χ0n) is 21.1. The number of rotatable bonds is 6. The molecule has 0 spiro atoms. The third-order valence-electron chi connectivity index (χ3n) is 7.83. The first-order valence-corrected chi connectivity index (χ1v) is 13.3. The van der Waals surface area contributed by atoms with Gasteiger partial charge < -0.3 is 14.8 Å². The number of hydrogen-bond acceptors (Lipinski definition) is 3. The molecule has 7 rings (SSSR count). The van der Waals surface area contributed by atoms with Gasteiger partial charge in [-0.3, -0.25) is 0 Å². The molecule has 0 aromatic heterocycles. The van der Waals surface area contributed by atoms with Crippen molar-refractivity contribution in [3.63, 3.8) is 0 Å². The number of nitrogens with one attached hydrogen (secondary N) is 1. The van der Waals surface area contributed by atoms with E-state index in [1.54, 1.807) is 0 Å². The van der Waals surface area contributed by atoms with E-state index in [0.717, 1.165) is 23.7 Å². The molecule has 186 valence electrons. The Bertz CT molecular complexity index is 1600. The maximum absolute atomic E-state index is 6.20. The summed E-state index contributed by atoms with van der Waals surface area (Å²) in [4.78, 5) is 0. The van der Waals surface area contributed by atoms with E-state index in [-0.39, 0.29) is 6.04 Å². The van der Waals surface area contributed by atoms with Gasteiger partial charge in [-0.05, 0) is 82.3 Å². The van der Waals surface area contributed by atoms with Crippen LogP contribution in [0.15, 0.2) is 127 Å². The Morgan fingerprint density at radius 2 is 1.50 bits per heavy atom. The predicted octanol–water partition coefficient (Wildman–Crippen LogP) is 9.04. The third-order valence-corrected chi connectivity index (χ3v) is 7.83. The highest BCUT2D eigenvalue weighted by atomic mass is 16.5. The molecule has 1 aliphatic heterocycles. The number of hydrogen-bond donors (Lipinski definition) is 1. The Hall–Kier alpha value is -4.50. The molecule has 3 heteroatoms. The van der Waals surface area contributed by atoms with Gasteiger partial charge in [0.05, 0.1) is 6.04 Å². The molecular weight excluding hydrogens is 466 g/mol. The van der Waals surface area contributed by atoms with Gasteiger partial charge in [0.25, 0.3) is 0 Å². The van der Waals surface area contributed by atoms with Crippen LogP contribution in [0, 0.1) is 5.92 Å². The van der Waals surface area contributed by atoms with Crippen LogP contribution in [-0.4, -0.2) is 0 Å². The number of anilines is 1. The SMILES string of the molecule is C1=C[C@H]2c3cc(Oc4ccccc4)ccc3N[C@@H](c3ccc(OCc4cccc5ccccc45)cc3)[C@H]2C1. The summed E-state index contributed by atoms with van der Waals surface area (Å²) in [6.45, 7) is 0.553. The Kier molecular flexibility index (Phi) is 5.82. The van der Waals surface area contributed by atoms with Gasteiger partial charge in [0.1, 0.15) is 23.9 Å². The lowest BCUT2D eigenvalue weighted by Gasteiger charge is -2.37. The third kappa shape index (κ3) is 4.31. The van der Waals surface area contributed by atoms with E-state index < -0.39 is 0 Å². The number of ether oxygens (including phenoxy) is 2. The highest BCUT2D eigenvalue weighted by Crippen LogP contribution is 2.50. The monoisotopic (exact) mass is 495 g/mol. The molecule has 5 aromatic carbocycles. The molecule has 1 N–H and O–H groups in total. The average Bonchev–Trinajstić information content (AvgIpc) is 3.47. The van der Waals surface area contributed by atoms with Gasteiger partial charge in [-0.25, -0.2) is 0 Å². The quantitative estimate of drug-likeness (QED) is 0.238. The van der Waals surface area contributed by atoms with E-state index in [1.807, 2.05) is 30.3 Å². The van der Waals surface area contributed by atoms with Gasteiger partial charge in [-0.15, -0.1) is 0 Å². The van der Waals surface area contributed by atoms with Crippen LogP contribution in [0.4, 0.5) is 5.69 Å². The molecular formula is C35H29NO2. The zero-order chi connectivity index (χ0) is 25.3. The van der Waals surface area contributed by atoms with Crippen LogP contribution < -0.4 is 14.8 Å². The molecule has 0 fully saturated rings. The normalized spacial score (nSPS) is 19.4. The molecule has 0 saturated carbocycles. The molecule has 3 atom stereocenters. The molecule has 2 aliphatic rings. The zero-order valence-corrected chi connectivity index (χ0v) is 21.1. The number of benzene rings is 5. The molecule has 0 radical (unpaired) electrons. The Morgan fingerprint density at radius 3 is 2.39 bits per heavy atom. The van der Waals surface area contributed by atoms with Crippen molar-refractivity contribution in [2.24, 2.45) is 5.92 Å². The number of fused-ring (bicyclic) bond motifs is 4. The average molecular weight is 496 g/mol. The van der Waals surface area contributed by atoms with Crippen LogP contribution in [0.5, 0.6) is 17.2 Å². The van der Waals surface area contributed by atoms with Crippen molar-refractivity contribution in [1.29, 1.82) is 0 Å². The molecule has 0 bridgehead atoms. The van der Waals surface area contributed by atoms with Gasteiger partial charge >= 0.3 is 0 Å². The second-order valence-electron chi connectivity index (χ2n) is 10.1. The Labute approximate surface area is 223 Å². The molecule has 0 unspecified atom stereocenters. The molecule has 0 amide bonds. The van der Waals surface area contributed by atoms with Crippen molar-refractivity contribution in [2.75, 3.05) is 5.32 Å². The smallest absolute Gasteiger partial charge is 0.127 e. The van der Waals surface area contributed by atoms with Gasteiger partial charge in [-0.1, -0.05) is 84.9 Å². The standard InChI is InChI=1S/C35H29NO2/c1-2-11-28(12-3-1)38-29-20-21-34-33(22-29)31-14-7-15-32(31)35(36-34)25-16-18-27(19-17-25)37-23-26-10-6-9-24-8-4-5-13-30(24)26/h1-14,16-22,31-32,35-36H,15,23H2/t31-,32+,35+/m1/s1. The number of para-hydroxylation sites is 1. The Morgan fingerprint density at radius 1 is 0.711 bits per heavy atom. The summed E-state index contributed by atoms with van der Waals surface area (Å²) in [5, 5.41) is 6.32.